The van der Waals surface area contributed by atoms with E-state index in [0.29, 0.717) is 31.2 Å². The van der Waals surface area contributed by atoms with Gasteiger partial charge in [-0.1, -0.05) is 0 Å². The molecule has 7 heteroatoms. The molecule has 1 aromatic heterocycles. The zero-order valence-electron chi connectivity index (χ0n) is 10.2. The molecule has 0 fully saturated rings. The van der Waals surface area contributed by atoms with E-state index in [-0.39, 0.29) is 5.82 Å². The fourth-order valence-corrected chi connectivity index (χ4v) is 1.66. The van der Waals surface area contributed by atoms with Gasteiger partial charge in [0.15, 0.2) is 0 Å². The Hall–Kier alpha value is -2.10. The molecule has 0 aromatic carbocycles. The molecule has 1 rings (SSSR count). The van der Waals surface area contributed by atoms with Gasteiger partial charge in [-0.3, -0.25) is 4.57 Å². The monoisotopic (exact) mass is 237 g/mol. The van der Waals surface area contributed by atoms with Crippen LogP contribution >= 0.6 is 0 Å². The second-order valence-electron chi connectivity index (χ2n) is 3.61. The van der Waals surface area contributed by atoms with Crippen LogP contribution in [0.5, 0.6) is 0 Å². The number of rotatable bonds is 5. The van der Waals surface area contributed by atoms with Crippen molar-refractivity contribution < 1.29 is 4.92 Å². The van der Waals surface area contributed by atoms with Crippen LogP contribution in [0.25, 0.3) is 0 Å². The van der Waals surface area contributed by atoms with E-state index in [2.05, 4.69) is 4.98 Å². The Bertz CT molecular complexity index is 460. The van der Waals surface area contributed by atoms with Crippen molar-refractivity contribution in [3.05, 3.63) is 15.9 Å². The van der Waals surface area contributed by atoms with E-state index in [1.807, 2.05) is 13.0 Å². The lowest BCUT2D eigenvalue weighted by Crippen LogP contribution is -2.26. The number of hydrogen-bond acceptors (Lipinski definition) is 5. The van der Waals surface area contributed by atoms with Gasteiger partial charge < -0.3 is 15.0 Å². The van der Waals surface area contributed by atoms with E-state index in [0.717, 1.165) is 0 Å². The van der Waals surface area contributed by atoms with Crippen LogP contribution in [0.15, 0.2) is 0 Å². The van der Waals surface area contributed by atoms with Crippen molar-refractivity contribution in [3.8, 4) is 6.07 Å². The summed E-state index contributed by atoms with van der Waals surface area (Å²) in [4.78, 5) is 16.1. The van der Waals surface area contributed by atoms with Crippen molar-refractivity contribution in [1.29, 1.82) is 5.26 Å². The molecule has 0 spiro atoms. The Labute approximate surface area is 99.4 Å². The second-order valence-corrected chi connectivity index (χ2v) is 3.61. The van der Waals surface area contributed by atoms with Crippen molar-refractivity contribution in [2.75, 3.05) is 18.0 Å². The van der Waals surface area contributed by atoms with Crippen molar-refractivity contribution in [2.45, 2.75) is 20.3 Å². The number of imidazole rings is 1. The zero-order valence-corrected chi connectivity index (χ0v) is 10.2. The minimum absolute atomic E-state index is 0.148. The molecular formula is C10H15N5O2. The highest BCUT2D eigenvalue weighted by molar-refractivity contribution is 5.55. The van der Waals surface area contributed by atoms with E-state index in [1.54, 1.807) is 23.4 Å². The molecule has 0 amide bonds. The standard InChI is InChI=1S/C10H15N5O2/c1-4-14(7-5-6-11)10-9(15(16)17)12-8(2)13(10)3/h4-5,7H2,1-3H3. The molecule has 17 heavy (non-hydrogen) atoms. The van der Waals surface area contributed by atoms with Gasteiger partial charge in [-0.15, -0.1) is 0 Å². The Morgan fingerprint density at radius 2 is 2.29 bits per heavy atom. The van der Waals surface area contributed by atoms with Crippen molar-refractivity contribution >= 4 is 11.6 Å². The van der Waals surface area contributed by atoms with E-state index in [9.17, 15) is 10.1 Å². The van der Waals surface area contributed by atoms with Gasteiger partial charge in [0.05, 0.1) is 12.5 Å². The van der Waals surface area contributed by atoms with Gasteiger partial charge in [-0.25, -0.2) is 0 Å². The summed E-state index contributed by atoms with van der Waals surface area (Å²) in [5.74, 6) is 0.900. The molecule has 1 aromatic rings. The number of hydrogen-bond donors (Lipinski definition) is 0. The first-order valence-electron chi connectivity index (χ1n) is 5.32. The molecule has 0 saturated heterocycles. The molecule has 0 bridgehead atoms. The Kier molecular flexibility index (Phi) is 4.04. The van der Waals surface area contributed by atoms with Gasteiger partial charge in [0.25, 0.3) is 0 Å². The Balaban J connectivity index is 3.17. The Morgan fingerprint density at radius 3 is 2.76 bits per heavy atom. The van der Waals surface area contributed by atoms with Gasteiger partial charge in [0.1, 0.15) is 0 Å². The largest absolute Gasteiger partial charge is 0.406 e. The number of nitro groups is 1. The van der Waals surface area contributed by atoms with Crippen LogP contribution in [-0.2, 0) is 7.05 Å². The highest BCUT2D eigenvalue weighted by Crippen LogP contribution is 2.27. The van der Waals surface area contributed by atoms with Gasteiger partial charge in [-0.2, -0.15) is 5.26 Å². The number of aryl methyl sites for hydroxylation is 1. The first-order chi connectivity index (χ1) is 8.02. The van der Waals surface area contributed by atoms with Crippen molar-refractivity contribution in [3.63, 3.8) is 0 Å². The molecule has 0 unspecified atom stereocenters. The second kappa shape index (κ2) is 5.30. The molecule has 0 aliphatic carbocycles. The average Bonchev–Trinajstić information content (AvgIpc) is 2.58. The lowest BCUT2D eigenvalue weighted by molar-refractivity contribution is -0.388. The normalized spacial score (nSPS) is 10.0. The molecule has 0 atom stereocenters. The molecule has 0 radical (unpaired) electrons. The summed E-state index contributed by atoms with van der Waals surface area (Å²) in [6, 6.07) is 2.04. The third-order valence-corrected chi connectivity index (χ3v) is 2.62. The van der Waals surface area contributed by atoms with Crippen LogP contribution in [0, 0.1) is 28.4 Å². The van der Waals surface area contributed by atoms with Gasteiger partial charge in [-0.05, 0) is 16.8 Å². The summed E-state index contributed by atoms with van der Waals surface area (Å²) in [6.07, 6.45) is 0.329. The molecule has 0 saturated carbocycles. The van der Waals surface area contributed by atoms with Crippen LogP contribution < -0.4 is 4.90 Å². The first kappa shape index (κ1) is 13.0. The summed E-state index contributed by atoms with van der Waals surface area (Å²) >= 11 is 0. The summed E-state index contributed by atoms with van der Waals surface area (Å²) in [5.41, 5.74) is 0. The lowest BCUT2D eigenvalue weighted by Gasteiger charge is -2.20. The SMILES string of the molecule is CCN(CCC#N)c1c([N+](=O)[O-])nc(C)n1C. The van der Waals surface area contributed by atoms with Crippen LogP contribution in [0.3, 0.4) is 0 Å². The van der Waals surface area contributed by atoms with E-state index in [1.165, 1.54) is 0 Å². The summed E-state index contributed by atoms with van der Waals surface area (Å²) in [5, 5.41) is 19.5. The molecule has 7 nitrogen and oxygen atoms in total. The molecule has 0 aliphatic heterocycles. The van der Waals surface area contributed by atoms with Gasteiger partial charge in [0, 0.05) is 27.1 Å². The quantitative estimate of drug-likeness (QED) is 0.570. The fourth-order valence-electron chi connectivity index (χ4n) is 1.66. The zero-order chi connectivity index (χ0) is 13.0. The highest BCUT2D eigenvalue weighted by atomic mass is 16.6. The van der Waals surface area contributed by atoms with Crippen LogP contribution in [-0.4, -0.2) is 27.6 Å². The lowest BCUT2D eigenvalue weighted by atomic mass is 10.4. The molecule has 0 N–H and O–H groups in total. The van der Waals surface area contributed by atoms with Crippen LogP contribution in [0.2, 0.25) is 0 Å². The fraction of sp³-hybridized carbons (Fsp3) is 0.600. The molecule has 1 heterocycles. The van der Waals surface area contributed by atoms with Crippen molar-refractivity contribution in [1.82, 2.24) is 9.55 Å². The molecule has 0 aliphatic rings. The van der Waals surface area contributed by atoms with E-state index < -0.39 is 4.92 Å². The van der Waals surface area contributed by atoms with Crippen LogP contribution in [0.1, 0.15) is 19.2 Å². The molecule has 92 valence electrons. The molecular weight excluding hydrogens is 222 g/mol. The minimum Gasteiger partial charge on any atom is -0.358 e. The smallest absolute Gasteiger partial charge is 0.358 e. The maximum Gasteiger partial charge on any atom is 0.406 e. The first-order valence-corrected chi connectivity index (χ1v) is 5.32. The number of nitriles is 1. The summed E-state index contributed by atoms with van der Waals surface area (Å²) < 4.78 is 1.68. The highest BCUT2D eigenvalue weighted by Gasteiger charge is 2.27. The van der Waals surface area contributed by atoms with E-state index in [4.69, 9.17) is 5.26 Å². The third-order valence-electron chi connectivity index (χ3n) is 2.62. The average molecular weight is 237 g/mol. The summed E-state index contributed by atoms with van der Waals surface area (Å²) in [6.45, 7) is 4.67. The van der Waals surface area contributed by atoms with Gasteiger partial charge in [0.2, 0.25) is 11.6 Å². The van der Waals surface area contributed by atoms with Crippen LogP contribution in [0.4, 0.5) is 11.6 Å². The number of aromatic nitrogens is 2. The van der Waals surface area contributed by atoms with E-state index >= 15 is 0 Å². The summed E-state index contributed by atoms with van der Waals surface area (Å²) in [7, 11) is 1.74. The topological polar surface area (TPSA) is 88.0 Å². The minimum atomic E-state index is -0.489. The van der Waals surface area contributed by atoms with Crippen molar-refractivity contribution in [2.24, 2.45) is 7.05 Å². The number of anilines is 1. The Morgan fingerprint density at radius 1 is 1.65 bits per heavy atom. The maximum absolute atomic E-state index is 10.9. The maximum atomic E-state index is 10.9. The van der Waals surface area contributed by atoms with Gasteiger partial charge >= 0.3 is 5.82 Å². The predicted octanol–water partition coefficient (Wildman–Crippen LogP) is 1.38. The predicted molar refractivity (Wildman–Crippen MR) is 62.7 cm³/mol. The third kappa shape index (κ3) is 2.53. The number of nitrogens with zero attached hydrogens (tertiary/aromatic N) is 5.